The molecule has 0 aliphatic rings. The molecule has 5 nitrogen and oxygen atoms in total. The molecule has 29 heavy (non-hydrogen) atoms. The van der Waals surface area contributed by atoms with Crippen LogP contribution in [0.5, 0.6) is 0 Å². The molecule has 2 rings (SSSR count). The van der Waals surface area contributed by atoms with Gasteiger partial charge in [0.25, 0.3) is 11.8 Å². The van der Waals surface area contributed by atoms with E-state index in [1.54, 1.807) is 30.3 Å². The maximum atomic E-state index is 12.8. The molecule has 0 aliphatic heterocycles. The summed E-state index contributed by atoms with van der Waals surface area (Å²) in [6.45, 7) is 5.51. The first-order valence-corrected chi connectivity index (χ1v) is 10.5. The van der Waals surface area contributed by atoms with E-state index >= 15 is 0 Å². The van der Waals surface area contributed by atoms with Crippen molar-refractivity contribution in [2.45, 2.75) is 26.7 Å². The lowest BCUT2D eigenvalue weighted by molar-refractivity contribution is 0.0755. The predicted molar refractivity (Wildman–Crippen MR) is 123 cm³/mol. The van der Waals surface area contributed by atoms with Crippen molar-refractivity contribution in [1.29, 1.82) is 0 Å². The molecular weight excluding hydrogens is 429 g/mol. The second kappa shape index (κ2) is 11.1. The molecule has 0 radical (unpaired) electrons. The van der Waals surface area contributed by atoms with Crippen molar-refractivity contribution in [3.05, 3.63) is 63.6 Å². The molecule has 0 unspecified atom stereocenters. The number of amides is 2. The van der Waals surface area contributed by atoms with Crippen LogP contribution in [-0.2, 0) is 0 Å². The molecule has 2 aromatic rings. The highest BCUT2D eigenvalue weighted by molar-refractivity contribution is 7.80. The van der Waals surface area contributed by atoms with Gasteiger partial charge >= 0.3 is 0 Å². The highest BCUT2D eigenvalue weighted by Gasteiger charge is 2.15. The van der Waals surface area contributed by atoms with Gasteiger partial charge in [-0.05, 0) is 61.5 Å². The quantitative estimate of drug-likeness (QED) is 0.554. The summed E-state index contributed by atoms with van der Waals surface area (Å²) in [5.74, 6) is -0.461. The number of thiocarbonyl (C=S) groups is 1. The summed E-state index contributed by atoms with van der Waals surface area (Å²) in [5.41, 5.74) is 1.47. The largest absolute Gasteiger partial charge is 0.339 e. The minimum atomic E-state index is -0.434. The molecule has 0 saturated carbocycles. The van der Waals surface area contributed by atoms with Crippen LogP contribution in [0.1, 0.15) is 47.4 Å². The summed E-state index contributed by atoms with van der Waals surface area (Å²) in [5, 5.41) is 6.33. The minimum Gasteiger partial charge on any atom is -0.339 e. The first kappa shape index (κ1) is 23.1. The Morgan fingerprint density at radius 2 is 1.59 bits per heavy atom. The standard InChI is InChI=1S/C21H23Cl2N3O2S/c1-3-8-26(9-4-2)20(28)14-6-5-7-18(12-14)24-21(29)25-19(27)15-10-16(22)13-17(23)11-15/h5-7,10-13H,3-4,8-9H2,1-2H3,(H2,24,25,27,29). The third-order valence-electron chi connectivity index (χ3n) is 3.99. The molecule has 0 bridgehead atoms. The van der Waals surface area contributed by atoms with Gasteiger partial charge in [-0.25, -0.2) is 0 Å². The van der Waals surface area contributed by atoms with Crippen molar-refractivity contribution in [2.24, 2.45) is 0 Å². The Labute approximate surface area is 186 Å². The maximum Gasteiger partial charge on any atom is 0.257 e. The lowest BCUT2D eigenvalue weighted by Gasteiger charge is -2.21. The second-order valence-electron chi connectivity index (χ2n) is 6.44. The number of hydrogen-bond donors (Lipinski definition) is 2. The molecule has 8 heteroatoms. The number of rotatable bonds is 7. The van der Waals surface area contributed by atoms with Crippen LogP contribution in [0.2, 0.25) is 10.0 Å². The van der Waals surface area contributed by atoms with Crippen LogP contribution in [0, 0.1) is 0 Å². The van der Waals surface area contributed by atoms with E-state index in [4.69, 9.17) is 35.4 Å². The summed E-state index contributed by atoms with van der Waals surface area (Å²) in [4.78, 5) is 26.9. The highest BCUT2D eigenvalue weighted by atomic mass is 35.5. The van der Waals surface area contributed by atoms with Gasteiger partial charge in [0, 0.05) is 39.9 Å². The SMILES string of the molecule is CCCN(CCC)C(=O)c1cccc(NC(=S)NC(=O)c2cc(Cl)cc(Cl)c2)c1. The van der Waals surface area contributed by atoms with Crippen LogP contribution in [0.25, 0.3) is 0 Å². The zero-order valence-electron chi connectivity index (χ0n) is 16.3. The second-order valence-corrected chi connectivity index (χ2v) is 7.72. The van der Waals surface area contributed by atoms with E-state index in [0.29, 0.717) is 39.9 Å². The number of carbonyl (C=O) groups excluding carboxylic acids is 2. The van der Waals surface area contributed by atoms with Crippen LogP contribution < -0.4 is 10.6 Å². The van der Waals surface area contributed by atoms with Crippen LogP contribution in [0.3, 0.4) is 0 Å². The minimum absolute atomic E-state index is 0.0270. The van der Waals surface area contributed by atoms with Gasteiger partial charge in [-0.1, -0.05) is 43.1 Å². The predicted octanol–water partition coefficient (Wildman–Crippen LogP) is 5.38. The summed E-state index contributed by atoms with van der Waals surface area (Å²) >= 11 is 17.1. The average Bonchev–Trinajstić information content (AvgIpc) is 2.66. The average molecular weight is 452 g/mol. The van der Waals surface area contributed by atoms with Gasteiger partial charge in [0.05, 0.1) is 0 Å². The van der Waals surface area contributed by atoms with E-state index in [2.05, 4.69) is 10.6 Å². The molecule has 0 fully saturated rings. The number of nitrogens with one attached hydrogen (secondary N) is 2. The Kier molecular flexibility index (Phi) is 8.89. The lowest BCUT2D eigenvalue weighted by atomic mass is 10.1. The Morgan fingerprint density at radius 1 is 0.966 bits per heavy atom. The van der Waals surface area contributed by atoms with Crippen LogP contribution in [-0.4, -0.2) is 34.9 Å². The molecule has 2 aromatic carbocycles. The normalized spacial score (nSPS) is 10.3. The molecule has 0 saturated heterocycles. The van der Waals surface area contributed by atoms with Crippen molar-refractivity contribution in [1.82, 2.24) is 10.2 Å². The molecule has 2 amide bonds. The topological polar surface area (TPSA) is 61.4 Å². The van der Waals surface area contributed by atoms with Gasteiger partial charge < -0.3 is 10.2 Å². The molecular formula is C21H23Cl2N3O2S. The van der Waals surface area contributed by atoms with Gasteiger partial charge in [0.1, 0.15) is 0 Å². The number of anilines is 1. The molecule has 0 heterocycles. The Hall–Kier alpha value is -2.15. The smallest absolute Gasteiger partial charge is 0.257 e. The number of benzene rings is 2. The first-order chi connectivity index (χ1) is 13.8. The van der Waals surface area contributed by atoms with Gasteiger partial charge in [-0.15, -0.1) is 0 Å². The van der Waals surface area contributed by atoms with Gasteiger partial charge in [-0.3, -0.25) is 14.9 Å². The number of halogens is 2. The number of nitrogens with zero attached hydrogens (tertiary/aromatic N) is 1. The van der Waals surface area contributed by atoms with E-state index in [1.807, 2.05) is 18.7 Å². The summed E-state index contributed by atoms with van der Waals surface area (Å²) in [6, 6.07) is 11.6. The van der Waals surface area contributed by atoms with E-state index in [-0.39, 0.29) is 11.0 Å². The Bertz CT molecular complexity index is 879. The van der Waals surface area contributed by atoms with Crippen LogP contribution in [0.15, 0.2) is 42.5 Å². The molecule has 0 aromatic heterocycles. The van der Waals surface area contributed by atoms with Crippen LogP contribution >= 0.6 is 35.4 Å². The monoisotopic (exact) mass is 451 g/mol. The zero-order valence-corrected chi connectivity index (χ0v) is 18.6. The Balaban J connectivity index is 2.06. The fraction of sp³-hybridized carbons (Fsp3) is 0.286. The molecule has 154 valence electrons. The summed E-state index contributed by atoms with van der Waals surface area (Å²) < 4.78 is 0. The van der Waals surface area contributed by atoms with Crippen molar-refractivity contribution >= 4 is 58.0 Å². The summed E-state index contributed by atoms with van der Waals surface area (Å²) in [6.07, 6.45) is 1.79. The van der Waals surface area contributed by atoms with Crippen LogP contribution in [0.4, 0.5) is 5.69 Å². The van der Waals surface area contributed by atoms with Crippen molar-refractivity contribution in [2.75, 3.05) is 18.4 Å². The fourth-order valence-corrected chi connectivity index (χ4v) is 3.53. The molecule has 2 N–H and O–H groups in total. The molecule has 0 aliphatic carbocycles. The molecule has 0 spiro atoms. The van der Waals surface area contributed by atoms with Gasteiger partial charge in [0.2, 0.25) is 0 Å². The van der Waals surface area contributed by atoms with E-state index < -0.39 is 5.91 Å². The van der Waals surface area contributed by atoms with E-state index in [9.17, 15) is 9.59 Å². The summed E-state index contributed by atoms with van der Waals surface area (Å²) in [7, 11) is 0. The van der Waals surface area contributed by atoms with E-state index in [1.165, 1.54) is 12.1 Å². The Morgan fingerprint density at radius 3 is 2.17 bits per heavy atom. The third kappa shape index (κ3) is 6.99. The third-order valence-corrected chi connectivity index (χ3v) is 4.63. The van der Waals surface area contributed by atoms with E-state index in [0.717, 1.165) is 12.8 Å². The van der Waals surface area contributed by atoms with Crippen molar-refractivity contribution < 1.29 is 9.59 Å². The number of carbonyl (C=O) groups is 2. The van der Waals surface area contributed by atoms with Gasteiger partial charge in [-0.2, -0.15) is 0 Å². The lowest BCUT2D eigenvalue weighted by Crippen LogP contribution is -2.34. The zero-order chi connectivity index (χ0) is 21.4. The maximum absolute atomic E-state index is 12.8. The fourth-order valence-electron chi connectivity index (χ4n) is 2.79. The highest BCUT2D eigenvalue weighted by Crippen LogP contribution is 2.19. The van der Waals surface area contributed by atoms with Gasteiger partial charge in [0.15, 0.2) is 5.11 Å². The number of hydrogen-bond acceptors (Lipinski definition) is 3. The van der Waals surface area contributed by atoms with Crippen molar-refractivity contribution in [3.8, 4) is 0 Å². The van der Waals surface area contributed by atoms with Crippen molar-refractivity contribution in [3.63, 3.8) is 0 Å². The first-order valence-electron chi connectivity index (χ1n) is 9.31. The molecule has 0 atom stereocenters.